The fraction of sp³-hybridized carbons (Fsp3) is 0.435. The van der Waals surface area contributed by atoms with Crippen LogP contribution in [0.5, 0.6) is 0 Å². The highest BCUT2D eigenvalue weighted by Crippen LogP contribution is 2.30. The Hall–Kier alpha value is -1.88. The predicted octanol–water partition coefficient (Wildman–Crippen LogP) is 5.17. The summed E-state index contributed by atoms with van der Waals surface area (Å²) in [6, 6.07) is 5.84. The van der Waals surface area contributed by atoms with Crippen LogP contribution in [0.3, 0.4) is 0 Å². The van der Waals surface area contributed by atoms with Gasteiger partial charge in [0.25, 0.3) is 0 Å². The molecule has 0 radical (unpaired) electrons. The number of likely N-dealkylation sites (N-methyl/N-ethyl adjacent to an activating group) is 2. The van der Waals surface area contributed by atoms with E-state index in [-0.39, 0.29) is 6.04 Å². The van der Waals surface area contributed by atoms with Crippen molar-refractivity contribution in [1.82, 2.24) is 9.80 Å². The first-order chi connectivity index (χ1) is 13.5. The van der Waals surface area contributed by atoms with Gasteiger partial charge in [0.15, 0.2) is 0 Å². The summed E-state index contributed by atoms with van der Waals surface area (Å²) in [5, 5.41) is 4.14. The molecule has 2 aliphatic rings. The second kappa shape index (κ2) is 11.8. The molecule has 0 spiro atoms. The van der Waals surface area contributed by atoms with Gasteiger partial charge in [-0.2, -0.15) is 0 Å². The Morgan fingerprint density at radius 1 is 1.07 bits per heavy atom. The molecule has 0 aromatic heterocycles. The molecule has 0 amide bonds. The van der Waals surface area contributed by atoms with E-state index in [1.54, 1.807) is 0 Å². The summed E-state index contributed by atoms with van der Waals surface area (Å²) in [5.74, 6) is 0. The van der Waals surface area contributed by atoms with E-state index in [9.17, 15) is 0 Å². The lowest BCUT2D eigenvalue weighted by molar-refractivity contribution is 0.320. The third-order valence-corrected chi connectivity index (χ3v) is 4.94. The van der Waals surface area contributed by atoms with Crippen molar-refractivity contribution in [2.75, 3.05) is 45.6 Å². The van der Waals surface area contributed by atoms with Gasteiger partial charge in [-0.05, 0) is 77.3 Å². The molecule has 152 valence electrons. The monoisotopic (exact) mass is 400 g/mol. The summed E-state index contributed by atoms with van der Waals surface area (Å²) >= 11 is 6.02. The fourth-order valence-electron chi connectivity index (χ4n) is 3.13. The Bertz CT molecular complexity index is 726. The second-order valence-electron chi connectivity index (χ2n) is 7.24. The molecule has 2 heterocycles. The molecule has 28 heavy (non-hydrogen) atoms. The molecule has 0 aliphatic carbocycles. The Labute approximate surface area is 175 Å². The summed E-state index contributed by atoms with van der Waals surface area (Å²) in [7, 11) is 4.39. The molecular weight excluding hydrogens is 368 g/mol. The standard InChI is InChI=1S/C16H17ClN2.C7H16N2/c1-3-5-12-9-14(6-4-2)19-15-8-7-13(17)10-16(15)18-11-12;1-8-4-3-5-9(2)7-6-8/h3-11,14,19H,1-2H3;3-7H2,1-2H3/b5-3-,6-4-,12-9?,18-11?;. The maximum absolute atomic E-state index is 6.02. The second-order valence-corrected chi connectivity index (χ2v) is 7.68. The van der Waals surface area contributed by atoms with Gasteiger partial charge in [-0.25, -0.2) is 0 Å². The quantitative estimate of drug-likeness (QED) is 0.695. The highest BCUT2D eigenvalue weighted by Gasteiger charge is 2.09. The van der Waals surface area contributed by atoms with Gasteiger partial charge in [-0.1, -0.05) is 35.9 Å². The predicted molar refractivity (Wildman–Crippen MR) is 124 cm³/mol. The minimum absolute atomic E-state index is 0.142. The van der Waals surface area contributed by atoms with Gasteiger partial charge in [-0.15, -0.1) is 0 Å². The fourth-order valence-corrected chi connectivity index (χ4v) is 3.29. The molecule has 1 atom stereocenters. The molecule has 2 aliphatic heterocycles. The first-order valence-corrected chi connectivity index (χ1v) is 10.3. The number of benzene rings is 1. The van der Waals surface area contributed by atoms with Crippen molar-refractivity contribution in [3.05, 3.63) is 59.2 Å². The van der Waals surface area contributed by atoms with Crippen molar-refractivity contribution in [2.45, 2.75) is 26.3 Å². The van der Waals surface area contributed by atoms with Gasteiger partial charge < -0.3 is 15.1 Å². The van der Waals surface area contributed by atoms with Crippen molar-refractivity contribution < 1.29 is 0 Å². The molecule has 1 aromatic rings. The van der Waals surface area contributed by atoms with E-state index in [2.05, 4.69) is 46.4 Å². The van der Waals surface area contributed by atoms with Crippen LogP contribution in [-0.4, -0.2) is 62.3 Å². The van der Waals surface area contributed by atoms with Crippen molar-refractivity contribution in [2.24, 2.45) is 4.99 Å². The minimum Gasteiger partial charge on any atom is -0.374 e. The van der Waals surface area contributed by atoms with E-state index < -0.39 is 0 Å². The van der Waals surface area contributed by atoms with Crippen molar-refractivity contribution in [3.63, 3.8) is 0 Å². The van der Waals surface area contributed by atoms with Crippen molar-refractivity contribution >= 4 is 29.2 Å². The molecule has 0 saturated carbocycles. The van der Waals surface area contributed by atoms with Gasteiger partial charge in [-0.3, -0.25) is 4.99 Å². The van der Waals surface area contributed by atoms with Gasteiger partial charge in [0.1, 0.15) is 0 Å². The summed E-state index contributed by atoms with van der Waals surface area (Å²) in [6.45, 7) is 9.01. The van der Waals surface area contributed by atoms with Crippen LogP contribution in [0, 0.1) is 0 Å². The van der Waals surface area contributed by atoms with Crippen LogP contribution >= 0.6 is 11.6 Å². The molecule has 1 fully saturated rings. The number of nitrogens with one attached hydrogen (secondary N) is 1. The molecule has 3 rings (SSSR count). The zero-order valence-corrected chi connectivity index (χ0v) is 18.3. The van der Waals surface area contributed by atoms with Gasteiger partial charge in [0.05, 0.1) is 17.4 Å². The zero-order chi connectivity index (χ0) is 20.4. The lowest BCUT2D eigenvalue weighted by Crippen LogP contribution is -2.25. The number of hydrogen-bond donors (Lipinski definition) is 1. The first kappa shape index (κ1) is 22.4. The Morgan fingerprint density at radius 2 is 1.79 bits per heavy atom. The molecule has 1 unspecified atom stereocenters. The SMILES string of the molecule is C/C=C\C1=CC(/C=C\C)Nc2ccc(Cl)cc2N=C1.CN1CCCN(C)CC1. The van der Waals surface area contributed by atoms with Crippen LogP contribution in [0.4, 0.5) is 11.4 Å². The molecule has 0 bridgehead atoms. The Balaban J connectivity index is 0.000000261. The summed E-state index contributed by atoms with van der Waals surface area (Å²) in [6.07, 6.45) is 13.5. The summed E-state index contributed by atoms with van der Waals surface area (Å²) < 4.78 is 0. The largest absolute Gasteiger partial charge is 0.374 e. The summed E-state index contributed by atoms with van der Waals surface area (Å²) in [5.41, 5.74) is 2.92. The lowest BCUT2D eigenvalue weighted by Gasteiger charge is -2.17. The van der Waals surface area contributed by atoms with E-state index in [4.69, 9.17) is 11.6 Å². The topological polar surface area (TPSA) is 30.9 Å². The van der Waals surface area contributed by atoms with Gasteiger partial charge >= 0.3 is 0 Å². The summed E-state index contributed by atoms with van der Waals surface area (Å²) in [4.78, 5) is 9.27. The van der Waals surface area contributed by atoms with Crippen molar-refractivity contribution in [1.29, 1.82) is 0 Å². The van der Waals surface area contributed by atoms with Crippen molar-refractivity contribution in [3.8, 4) is 0 Å². The van der Waals surface area contributed by atoms with Gasteiger partial charge in [0, 0.05) is 24.3 Å². The normalized spacial score (nSPS) is 21.2. The van der Waals surface area contributed by atoms with Crippen LogP contribution in [0.25, 0.3) is 0 Å². The van der Waals surface area contributed by atoms with E-state index in [0.717, 1.165) is 16.9 Å². The number of anilines is 1. The average molecular weight is 401 g/mol. The number of hydrogen-bond acceptors (Lipinski definition) is 4. The molecule has 5 heteroatoms. The van der Waals surface area contributed by atoms with E-state index >= 15 is 0 Å². The number of aliphatic imine (C=N–C) groups is 1. The molecule has 1 saturated heterocycles. The van der Waals surface area contributed by atoms with E-state index in [1.807, 2.05) is 56.5 Å². The maximum atomic E-state index is 6.02. The van der Waals surface area contributed by atoms with E-state index in [1.165, 1.54) is 32.6 Å². The Morgan fingerprint density at radius 3 is 2.43 bits per heavy atom. The average Bonchev–Trinajstić information content (AvgIpc) is 2.84. The molecular formula is C23H33ClN4. The van der Waals surface area contributed by atoms with E-state index in [0.29, 0.717) is 5.02 Å². The Kier molecular flexibility index (Phi) is 9.48. The highest BCUT2D eigenvalue weighted by atomic mass is 35.5. The number of nitrogens with zero attached hydrogens (tertiary/aromatic N) is 3. The molecule has 1 aromatic carbocycles. The van der Waals surface area contributed by atoms with Crippen LogP contribution < -0.4 is 5.32 Å². The smallest absolute Gasteiger partial charge is 0.0876 e. The van der Waals surface area contributed by atoms with Gasteiger partial charge in [0.2, 0.25) is 0 Å². The van der Waals surface area contributed by atoms with Crippen LogP contribution in [0.2, 0.25) is 5.02 Å². The number of allylic oxidation sites excluding steroid dienone is 4. The molecule has 1 N–H and O–H groups in total. The number of rotatable bonds is 2. The number of halogens is 1. The third-order valence-electron chi connectivity index (χ3n) is 4.71. The molecule has 4 nitrogen and oxygen atoms in total. The highest BCUT2D eigenvalue weighted by molar-refractivity contribution is 6.31. The zero-order valence-electron chi connectivity index (χ0n) is 17.5. The third kappa shape index (κ3) is 7.63. The maximum Gasteiger partial charge on any atom is 0.0876 e. The van der Waals surface area contributed by atoms with Crippen LogP contribution in [0.15, 0.2) is 59.1 Å². The van der Waals surface area contributed by atoms with Crippen LogP contribution in [-0.2, 0) is 0 Å². The lowest BCUT2D eigenvalue weighted by atomic mass is 10.1. The minimum atomic E-state index is 0.142. The number of fused-ring (bicyclic) bond motifs is 1. The van der Waals surface area contributed by atoms with Crippen LogP contribution in [0.1, 0.15) is 20.3 Å². The first-order valence-electron chi connectivity index (χ1n) is 9.96.